The number of benzene rings is 1. The Morgan fingerprint density at radius 3 is 2.58 bits per heavy atom. The number of Topliss-reactive ketones (excluding diaryl/α,β-unsaturated/α-hetero) is 1. The number of unbranched alkanes of at least 4 members (excludes halogenated alkanes) is 2. The maximum Gasteiger partial charge on any atom is 0.251 e. The summed E-state index contributed by atoms with van der Waals surface area (Å²) in [6.45, 7) is 3.59. The first kappa shape index (κ1) is 17.8. The van der Waals surface area contributed by atoms with Crippen molar-refractivity contribution in [1.82, 2.24) is 15.5 Å². The van der Waals surface area contributed by atoms with Crippen molar-refractivity contribution in [1.29, 1.82) is 0 Å². The van der Waals surface area contributed by atoms with Crippen LogP contribution in [0.25, 0.3) is 0 Å². The highest BCUT2D eigenvalue weighted by molar-refractivity contribution is 5.94. The second-order valence-corrected chi connectivity index (χ2v) is 5.80. The van der Waals surface area contributed by atoms with Crippen LogP contribution in [-0.4, -0.2) is 21.9 Å². The topological polar surface area (TPSA) is 85.1 Å². The van der Waals surface area contributed by atoms with Gasteiger partial charge in [0.2, 0.25) is 11.8 Å². The fourth-order valence-corrected chi connectivity index (χ4v) is 2.38. The highest BCUT2D eigenvalue weighted by Gasteiger charge is 2.21. The average Bonchev–Trinajstić information content (AvgIpc) is 3.02. The molecule has 1 heterocycles. The summed E-state index contributed by atoms with van der Waals surface area (Å²) in [6, 6.07) is 8.66. The van der Waals surface area contributed by atoms with E-state index in [1.165, 1.54) is 6.92 Å². The highest BCUT2D eigenvalue weighted by atomic mass is 16.4. The SMILES string of the molecule is CCCCCC(NC(=O)c1ccccc1)c1nnc(CC(C)=O)o1. The van der Waals surface area contributed by atoms with Crippen LogP contribution in [0.5, 0.6) is 0 Å². The summed E-state index contributed by atoms with van der Waals surface area (Å²) in [5, 5.41) is 10.9. The fraction of sp³-hybridized carbons (Fsp3) is 0.444. The molecule has 1 atom stereocenters. The van der Waals surface area contributed by atoms with Crippen molar-refractivity contribution in [2.45, 2.75) is 52.0 Å². The van der Waals surface area contributed by atoms with Crippen LogP contribution in [0, 0.1) is 0 Å². The number of carbonyl (C=O) groups excluding carboxylic acids is 2. The quantitative estimate of drug-likeness (QED) is 0.714. The minimum Gasteiger partial charge on any atom is -0.423 e. The molecule has 0 aliphatic heterocycles. The van der Waals surface area contributed by atoms with Crippen LogP contribution in [0.4, 0.5) is 0 Å². The Balaban J connectivity index is 2.10. The van der Waals surface area contributed by atoms with Gasteiger partial charge < -0.3 is 9.73 Å². The van der Waals surface area contributed by atoms with Gasteiger partial charge in [0.1, 0.15) is 11.8 Å². The number of carbonyl (C=O) groups is 2. The Morgan fingerprint density at radius 2 is 1.92 bits per heavy atom. The molecule has 0 fully saturated rings. The zero-order valence-electron chi connectivity index (χ0n) is 14.1. The molecule has 0 radical (unpaired) electrons. The number of nitrogens with one attached hydrogen (secondary N) is 1. The number of rotatable bonds is 9. The van der Waals surface area contributed by atoms with E-state index in [9.17, 15) is 9.59 Å². The van der Waals surface area contributed by atoms with Gasteiger partial charge in [0, 0.05) is 5.56 Å². The summed E-state index contributed by atoms with van der Waals surface area (Å²) in [5.41, 5.74) is 0.585. The molecule has 24 heavy (non-hydrogen) atoms. The second kappa shape index (κ2) is 8.96. The van der Waals surface area contributed by atoms with E-state index in [4.69, 9.17) is 4.42 Å². The van der Waals surface area contributed by atoms with Gasteiger partial charge in [-0.05, 0) is 25.5 Å². The molecule has 0 bridgehead atoms. The number of amides is 1. The van der Waals surface area contributed by atoms with E-state index < -0.39 is 0 Å². The standard InChI is InChI=1S/C18H23N3O3/c1-3-4-6-11-15(18-21-20-16(24-18)12-13(2)22)19-17(23)14-9-7-5-8-10-14/h5,7-10,15H,3-4,6,11-12H2,1-2H3,(H,19,23). The van der Waals surface area contributed by atoms with E-state index in [-0.39, 0.29) is 30.0 Å². The summed E-state index contributed by atoms with van der Waals surface area (Å²) in [5.74, 6) is 0.419. The van der Waals surface area contributed by atoms with E-state index in [1.54, 1.807) is 12.1 Å². The number of ketones is 1. The van der Waals surface area contributed by atoms with Gasteiger partial charge in [-0.2, -0.15) is 0 Å². The van der Waals surface area contributed by atoms with Gasteiger partial charge in [0.15, 0.2) is 0 Å². The molecular weight excluding hydrogens is 306 g/mol. The number of aromatic nitrogens is 2. The smallest absolute Gasteiger partial charge is 0.251 e. The summed E-state index contributed by atoms with van der Waals surface area (Å²) in [4.78, 5) is 23.6. The zero-order valence-corrected chi connectivity index (χ0v) is 14.1. The summed E-state index contributed by atoms with van der Waals surface area (Å²) >= 11 is 0. The van der Waals surface area contributed by atoms with Crippen molar-refractivity contribution < 1.29 is 14.0 Å². The van der Waals surface area contributed by atoms with E-state index >= 15 is 0 Å². The molecule has 1 aromatic heterocycles. The Bertz CT molecular complexity index is 667. The van der Waals surface area contributed by atoms with Crippen molar-refractivity contribution in [2.75, 3.05) is 0 Å². The minimum atomic E-state index is -0.350. The van der Waals surface area contributed by atoms with Gasteiger partial charge in [0.05, 0.1) is 6.42 Å². The van der Waals surface area contributed by atoms with Gasteiger partial charge >= 0.3 is 0 Å². The number of hydrogen-bond donors (Lipinski definition) is 1. The first-order valence-electron chi connectivity index (χ1n) is 8.27. The monoisotopic (exact) mass is 329 g/mol. The van der Waals surface area contributed by atoms with Crippen LogP contribution >= 0.6 is 0 Å². The molecular formula is C18H23N3O3. The maximum absolute atomic E-state index is 12.4. The predicted octanol–water partition coefficient (Wildman–Crippen LogP) is 3.25. The molecule has 6 heteroatoms. The van der Waals surface area contributed by atoms with E-state index in [2.05, 4.69) is 22.4 Å². The van der Waals surface area contributed by atoms with Gasteiger partial charge in [-0.15, -0.1) is 10.2 Å². The van der Waals surface area contributed by atoms with Crippen LogP contribution in [0.15, 0.2) is 34.7 Å². The first-order valence-corrected chi connectivity index (χ1v) is 8.27. The molecule has 0 saturated heterocycles. The van der Waals surface area contributed by atoms with Crippen molar-refractivity contribution in [2.24, 2.45) is 0 Å². The van der Waals surface area contributed by atoms with Crippen LogP contribution in [0.3, 0.4) is 0 Å². The van der Waals surface area contributed by atoms with Gasteiger partial charge in [-0.1, -0.05) is 44.4 Å². The van der Waals surface area contributed by atoms with E-state index in [0.717, 1.165) is 19.3 Å². The largest absolute Gasteiger partial charge is 0.423 e. The Kier molecular flexibility index (Phi) is 6.66. The summed E-state index contributed by atoms with van der Waals surface area (Å²) in [6.07, 6.45) is 3.92. The van der Waals surface area contributed by atoms with Crippen LogP contribution in [0.1, 0.15) is 67.7 Å². The normalized spacial score (nSPS) is 11.9. The lowest BCUT2D eigenvalue weighted by Gasteiger charge is -2.15. The molecule has 2 aromatic rings. The summed E-state index contributed by atoms with van der Waals surface area (Å²) in [7, 11) is 0. The second-order valence-electron chi connectivity index (χ2n) is 5.80. The maximum atomic E-state index is 12.4. The molecule has 1 aromatic carbocycles. The Labute approximate surface area is 141 Å². The zero-order chi connectivity index (χ0) is 17.4. The number of nitrogens with zero attached hydrogens (tertiary/aromatic N) is 2. The third kappa shape index (κ3) is 5.30. The molecule has 0 saturated carbocycles. The van der Waals surface area contributed by atoms with Gasteiger partial charge in [-0.3, -0.25) is 9.59 Å². The fourth-order valence-electron chi connectivity index (χ4n) is 2.38. The Hall–Kier alpha value is -2.50. The van der Waals surface area contributed by atoms with Crippen LogP contribution in [0.2, 0.25) is 0 Å². The van der Waals surface area contributed by atoms with Crippen molar-refractivity contribution in [3.05, 3.63) is 47.7 Å². The average molecular weight is 329 g/mol. The summed E-state index contributed by atoms with van der Waals surface area (Å²) < 4.78 is 5.57. The van der Waals surface area contributed by atoms with Crippen molar-refractivity contribution >= 4 is 11.7 Å². The lowest BCUT2D eigenvalue weighted by atomic mass is 10.1. The molecule has 128 valence electrons. The first-order chi connectivity index (χ1) is 11.6. The van der Waals surface area contributed by atoms with E-state index in [0.29, 0.717) is 17.9 Å². The highest BCUT2D eigenvalue weighted by Crippen LogP contribution is 2.20. The third-order valence-corrected chi connectivity index (χ3v) is 3.62. The van der Waals surface area contributed by atoms with Gasteiger partial charge in [0.25, 0.3) is 5.91 Å². The van der Waals surface area contributed by atoms with Gasteiger partial charge in [-0.25, -0.2) is 0 Å². The third-order valence-electron chi connectivity index (χ3n) is 3.62. The lowest BCUT2D eigenvalue weighted by molar-refractivity contribution is -0.116. The molecule has 0 spiro atoms. The van der Waals surface area contributed by atoms with E-state index in [1.807, 2.05) is 18.2 Å². The van der Waals surface area contributed by atoms with Crippen LogP contribution in [-0.2, 0) is 11.2 Å². The van der Waals surface area contributed by atoms with Crippen molar-refractivity contribution in [3.63, 3.8) is 0 Å². The minimum absolute atomic E-state index is 0.0407. The lowest BCUT2D eigenvalue weighted by Crippen LogP contribution is -2.28. The molecule has 1 N–H and O–H groups in total. The molecule has 6 nitrogen and oxygen atoms in total. The molecule has 0 aliphatic rings. The predicted molar refractivity (Wildman–Crippen MR) is 89.5 cm³/mol. The van der Waals surface area contributed by atoms with Crippen molar-refractivity contribution in [3.8, 4) is 0 Å². The molecule has 0 aliphatic carbocycles. The molecule has 2 rings (SSSR count). The Morgan fingerprint density at radius 1 is 1.17 bits per heavy atom. The molecule has 1 unspecified atom stereocenters. The number of hydrogen-bond acceptors (Lipinski definition) is 5. The molecule has 1 amide bonds. The van der Waals surface area contributed by atoms with Crippen LogP contribution < -0.4 is 5.32 Å².